The molecule has 5 heteroatoms. The fourth-order valence-corrected chi connectivity index (χ4v) is 2.83. The van der Waals surface area contributed by atoms with Crippen molar-refractivity contribution in [3.8, 4) is 11.5 Å². The molecule has 0 saturated carbocycles. The highest BCUT2D eigenvalue weighted by Crippen LogP contribution is 2.39. The van der Waals surface area contributed by atoms with Crippen molar-refractivity contribution in [1.29, 1.82) is 0 Å². The van der Waals surface area contributed by atoms with Crippen LogP contribution in [0.5, 0.6) is 11.5 Å². The molecule has 1 aromatic rings. The number of nitrogens with zero attached hydrogens (tertiary/aromatic N) is 2. The molecule has 0 unspecified atom stereocenters. The number of rotatable bonds is 3. The van der Waals surface area contributed by atoms with Gasteiger partial charge in [0.05, 0.1) is 12.3 Å². The molecule has 5 nitrogen and oxygen atoms in total. The van der Waals surface area contributed by atoms with E-state index in [0.29, 0.717) is 13.2 Å². The van der Waals surface area contributed by atoms with Crippen molar-refractivity contribution >= 4 is 5.69 Å². The summed E-state index contributed by atoms with van der Waals surface area (Å²) in [4.78, 5) is 4.66. The summed E-state index contributed by atoms with van der Waals surface area (Å²) in [6.45, 7) is 7.35. The highest BCUT2D eigenvalue weighted by atomic mass is 16.6. The topological polar surface area (TPSA) is 45.2 Å². The van der Waals surface area contributed by atoms with E-state index >= 15 is 0 Å². The molecule has 110 valence electrons. The predicted molar refractivity (Wildman–Crippen MR) is 77.8 cm³/mol. The first-order chi connectivity index (χ1) is 9.79. The lowest BCUT2D eigenvalue weighted by Crippen LogP contribution is -2.50. The van der Waals surface area contributed by atoms with Crippen LogP contribution in [0.1, 0.15) is 6.92 Å². The van der Waals surface area contributed by atoms with Gasteiger partial charge in [0.15, 0.2) is 11.5 Å². The fraction of sp³-hybridized carbons (Fsp3) is 0.600. The maximum Gasteiger partial charge on any atom is 0.184 e. The van der Waals surface area contributed by atoms with Gasteiger partial charge in [-0.05, 0) is 19.1 Å². The molecular formula is C15H22N2O3. The number of hydrogen-bond donors (Lipinski definition) is 1. The van der Waals surface area contributed by atoms with Crippen molar-refractivity contribution < 1.29 is 14.6 Å². The molecule has 0 aromatic heterocycles. The number of hydrogen-bond acceptors (Lipinski definition) is 5. The van der Waals surface area contributed by atoms with Crippen LogP contribution >= 0.6 is 0 Å². The number of piperazine rings is 1. The first kappa shape index (κ1) is 13.5. The first-order valence-electron chi connectivity index (χ1n) is 7.28. The molecule has 20 heavy (non-hydrogen) atoms. The summed E-state index contributed by atoms with van der Waals surface area (Å²) < 4.78 is 11.4. The minimum Gasteiger partial charge on any atom is -0.486 e. The number of benzene rings is 1. The molecule has 0 spiro atoms. The monoisotopic (exact) mass is 278 g/mol. The zero-order valence-electron chi connectivity index (χ0n) is 11.9. The Kier molecular flexibility index (Phi) is 3.98. The molecule has 2 heterocycles. The van der Waals surface area contributed by atoms with Crippen LogP contribution in [-0.2, 0) is 0 Å². The second kappa shape index (κ2) is 5.89. The molecule has 1 saturated heterocycles. The van der Waals surface area contributed by atoms with Gasteiger partial charge in [-0.3, -0.25) is 4.90 Å². The summed E-state index contributed by atoms with van der Waals surface area (Å²) >= 11 is 0. The van der Waals surface area contributed by atoms with Crippen molar-refractivity contribution in [3.63, 3.8) is 0 Å². The van der Waals surface area contributed by atoms with Crippen molar-refractivity contribution in [3.05, 3.63) is 18.2 Å². The Bertz CT molecular complexity index is 458. The maximum atomic E-state index is 9.24. The lowest BCUT2D eigenvalue weighted by atomic mass is 10.2. The molecule has 0 aliphatic carbocycles. The van der Waals surface area contributed by atoms with Gasteiger partial charge in [-0.25, -0.2) is 0 Å². The summed E-state index contributed by atoms with van der Waals surface area (Å²) in [5, 5.41) is 9.24. The van der Waals surface area contributed by atoms with Crippen molar-refractivity contribution in [2.75, 3.05) is 50.9 Å². The number of anilines is 1. The zero-order valence-corrected chi connectivity index (χ0v) is 11.9. The van der Waals surface area contributed by atoms with Gasteiger partial charge in [0.2, 0.25) is 0 Å². The number of aliphatic hydroxyl groups excluding tert-OH is 1. The fourth-order valence-electron chi connectivity index (χ4n) is 2.83. The van der Waals surface area contributed by atoms with Gasteiger partial charge in [-0.15, -0.1) is 0 Å². The summed E-state index contributed by atoms with van der Waals surface area (Å²) in [7, 11) is 0. The van der Waals surface area contributed by atoms with E-state index in [2.05, 4.69) is 22.8 Å². The quantitative estimate of drug-likeness (QED) is 0.892. The van der Waals surface area contributed by atoms with Gasteiger partial charge in [-0.1, -0.05) is 6.07 Å². The lowest BCUT2D eigenvalue weighted by Gasteiger charge is -2.39. The van der Waals surface area contributed by atoms with E-state index in [1.165, 1.54) is 0 Å². The average Bonchev–Trinajstić information content (AvgIpc) is 2.54. The second-order valence-corrected chi connectivity index (χ2v) is 5.36. The molecule has 3 rings (SSSR count). The van der Waals surface area contributed by atoms with E-state index in [1.54, 1.807) is 0 Å². The third-order valence-electron chi connectivity index (χ3n) is 4.09. The van der Waals surface area contributed by atoms with E-state index < -0.39 is 0 Å². The molecule has 2 aliphatic rings. The van der Waals surface area contributed by atoms with Crippen LogP contribution in [0.3, 0.4) is 0 Å². The second-order valence-electron chi connectivity index (χ2n) is 5.36. The smallest absolute Gasteiger partial charge is 0.184 e. The Hall–Kier alpha value is -1.46. The summed E-state index contributed by atoms with van der Waals surface area (Å²) in [5.41, 5.74) is 1.12. The van der Waals surface area contributed by atoms with Crippen LogP contribution < -0.4 is 14.4 Å². The van der Waals surface area contributed by atoms with Crippen LogP contribution in [0.2, 0.25) is 0 Å². The molecule has 1 atom stereocenters. The summed E-state index contributed by atoms with van der Waals surface area (Å²) in [6.07, 6.45) is 0. The Labute approximate surface area is 119 Å². The van der Waals surface area contributed by atoms with Gasteiger partial charge < -0.3 is 19.5 Å². The van der Waals surface area contributed by atoms with Gasteiger partial charge in [0.1, 0.15) is 13.2 Å². The van der Waals surface area contributed by atoms with E-state index in [4.69, 9.17) is 9.47 Å². The Morgan fingerprint density at radius 2 is 1.90 bits per heavy atom. The lowest BCUT2D eigenvalue weighted by molar-refractivity contribution is 0.128. The normalized spacial score (nSPS) is 20.8. The number of para-hydroxylation sites is 1. The van der Waals surface area contributed by atoms with E-state index in [-0.39, 0.29) is 12.6 Å². The molecule has 2 aliphatic heterocycles. The molecule has 0 amide bonds. The molecule has 0 radical (unpaired) electrons. The van der Waals surface area contributed by atoms with Crippen LogP contribution in [0.25, 0.3) is 0 Å². The minimum absolute atomic E-state index is 0.220. The molecule has 1 fully saturated rings. The third-order valence-corrected chi connectivity index (χ3v) is 4.09. The Morgan fingerprint density at radius 3 is 2.65 bits per heavy atom. The average molecular weight is 278 g/mol. The number of fused-ring (bicyclic) bond motifs is 1. The van der Waals surface area contributed by atoms with Gasteiger partial charge >= 0.3 is 0 Å². The van der Waals surface area contributed by atoms with E-state index in [1.807, 2.05) is 12.1 Å². The summed E-state index contributed by atoms with van der Waals surface area (Å²) in [6, 6.07) is 6.31. The van der Waals surface area contributed by atoms with E-state index in [0.717, 1.165) is 43.4 Å². The van der Waals surface area contributed by atoms with Crippen molar-refractivity contribution in [2.24, 2.45) is 0 Å². The summed E-state index contributed by atoms with van der Waals surface area (Å²) in [5.74, 6) is 1.72. The largest absolute Gasteiger partial charge is 0.486 e. The Morgan fingerprint density at radius 1 is 1.15 bits per heavy atom. The molecule has 1 aromatic carbocycles. The van der Waals surface area contributed by atoms with Gasteiger partial charge in [0, 0.05) is 32.2 Å². The highest BCUT2D eigenvalue weighted by molar-refractivity contribution is 5.65. The predicted octanol–water partition coefficient (Wildman–Crippen LogP) is 0.961. The van der Waals surface area contributed by atoms with Crippen LogP contribution in [0.15, 0.2) is 18.2 Å². The van der Waals surface area contributed by atoms with Gasteiger partial charge in [-0.2, -0.15) is 0 Å². The molecular weight excluding hydrogens is 256 g/mol. The number of ether oxygens (including phenoxy) is 2. The maximum absolute atomic E-state index is 9.24. The van der Waals surface area contributed by atoms with E-state index in [9.17, 15) is 5.11 Å². The molecule has 0 bridgehead atoms. The van der Waals surface area contributed by atoms with Crippen molar-refractivity contribution in [2.45, 2.75) is 13.0 Å². The van der Waals surface area contributed by atoms with Crippen molar-refractivity contribution in [1.82, 2.24) is 4.90 Å². The van der Waals surface area contributed by atoms with Crippen LogP contribution in [-0.4, -0.2) is 62.0 Å². The highest BCUT2D eigenvalue weighted by Gasteiger charge is 2.25. The third kappa shape index (κ3) is 2.55. The SMILES string of the molecule is C[C@H](CO)N1CCN(c2cccc3c2OCCO3)CC1. The molecule has 1 N–H and O–H groups in total. The van der Waals surface area contributed by atoms with Crippen LogP contribution in [0, 0.1) is 0 Å². The Balaban J connectivity index is 1.72. The zero-order chi connectivity index (χ0) is 13.9. The first-order valence-corrected chi connectivity index (χ1v) is 7.28. The number of aliphatic hydroxyl groups is 1. The minimum atomic E-state index is 0.220. The standard InChI is InChI=1S/C15H22N2O3/c1-12(11-18)16-5-7-17(8-6-16)13-3-2-4-14-15(13)20-10-9-19-14/h2-4,12,18H,5-11H2,1H3/t12-/m1/s1. The van der Waals surface area contributed by atoms with Gasteiger partial charge in [0.25, 0.3) is 0 Å². The van der Waals surface area contributed by atoms with Crippen LogP contribution in [0.4, 0.5) is 5.69 Å².